The summed E-state index contributed by atoms with van der Waals surface area (Å²) in [6, 6.07) is 15.6. The smallest absolute Gasteiger partial charge is 0.258 e. The third-order valence-electron chi connectivity index (χ3n) is 7.60. The molecule has 0 radical (unpaired) electrons. The fourth-order valence-corrected chi connectivity index (χ4v) is 6.15. The zero-order valence-corrected chi connectivity index (χ0v) is 24.5. The topological polar surface area (TPSA) is 78.8 Å². The fraction of sp³-hybridized carbons (Fsp3) is 0.355. The summed E-state index contributed by atoms with van der Waals surface area (Å²) in [6.07, 6.45) is 1.86. The molecule has 208 valence electrons. The molecular weight excluding hydrogens is 522 g/mol. The number of nitrogens with zero attached hydrogens (tertiary/aromatic N) is 5. The number of aryl methyl sites for hydroxylation is 1. The highest BCUT2D eigenvalue weighted by molar-refractivity contribution is 7.09. The van der Waals surface area contributed by atoms with Crippen molar-refractivity contribution in [3.05, 3.63) is 86.7 Å². The monoisotopic (exact) mass is 557 g/mol. The lowest BCUT2D eigenvalue weighted by Crippen LogP contribution is -2.47. The van der Waals surface area contributed by atoms with Crippen LogP contribution in [0, 0.1) is 12.3 Å². The van der Waals surface area contributed by atoms with Crippen molar-refractivity contribution in [3.63, 3.8) is 0 Å². The Balaban J connectivity index is 1.44. The number of fused-ring (bicyclic) bond motifs is 2. The molecule has 40 heavy (non-hydrogen) atoms. The van der Waals surface area contributed by atoms with Crippen LogP contribution in [-0.2, 0) is 29.2 Å². The second-order valence-corrected chi connectivity index (χ2v) is 11.8. The maximum absolute atomic E-state index is 13.3. The summed E-state index contributed by atoms with van der Waals surface area (Å²) in [7, 11) is 1.74. The molecule has 2 amide bonds. The van der Waals surface area contributed by atoms with Gasteiger partial charge in [-0.1, -0.05) is 24.3 Å². The number of aromatic nitrogens is 2. The summed E-state index contributed by atoms with van der Waals surface area (Å²) in [4.78, 5) is 49.9. The van der Waals surface area contributed by atoms with Gasteiger partial charge in [0.1, 0.15) is 10.4 Å². The molecule has 0 atom stereocenters. The summed E-state index contributed by atoms with van der Waals surface area (Å²) in [5, 5.41) is 4.70. The highest BCUT2D eigenvalue weighted by Gasteiger charge is 2.45. The van der Waals surface area contributed by atoms with Crippen molar-refractivity contribution in [3.8, 4) is 0 Å². The molecule has 2 aromatic heterocycles. The minimum atomic E-state index is -1.15. The van der Waals surface area contributed by atoms with E-state index in [0.29, 0.717) is 38.1 Å². The van der Waals surface area contributed by atoms with E-state index in [1.165, 1.54) is 0 Å². The average molecular weight is 558 g/mol. The maximum atomic E-state index is 13.3. The summed E-state index contributed by atoms with van der Waals surface area (Å²) < 4.78 is 1.76. The average Bonchev–Trinajstić information content (AvgIpc) is 3.35. The number of hydrogen-bond acceptors (Lipinski definition) is 6. The molecule has 3 heterocycles. The zero-order valence-electron chi connectivity index (χ0n) is 23.7. The molecule has 0 bridgehead atoms. The molecule has 9 heteroatoms. The van der Waals surface area contributed by atoms with Crippen LogP contribution in [0.2, 0.25) is 0 Å². The van der Waals surface area contributed by atoms with Crippen LogP contribution in [0.15, 0.2) is 64.9 Å². The normalized spacial score (nSPS) is 15.2. The van der Waals surface area contributed by atoms with Crippen LogP contribution in [0.25, 0.3) is 10.8 Å². The Bertz CT molecular complexity index is 1640. The van der Waals surface area contributed by atoms with Crippen molar-refractivity contribution < 1.29 is 9.59 Å². The summed E-state index contributed by atoms with van der Waals surface area (Å²) in [6.45, 7) is 10.2. The first kappa shape index (κ1) is 27.7. The van der Waals surface area contributed by atoms with Crippen LogP contribution in [0.1, 0.15) is 37.0 Å². The molecule has 0 spiro atoms. The lowest BCUT2D eigenvalue weighted by atomic mass is 9.90. The van der Waals surface area contributed by atoms with Crippen molar-refractivity contribution >= 4 is 45.3 Å². The second-order valence-electron chi connectivity index (χ2n) is 10.9. The first-order chi connectivity index (χ1) is 19.1. The Morgan fingerprint density at radius 1 is 0.975 bits per heavy atom. The fourth-order valence-electron chi connectivity index (χ4n) is 5.34. The van der Waals surface area contributed by atoms with Crippen molar-refractivity contribution in [2.75, 3.05) is 29.9 Å². The predicted octanol–water partition coefficient (Wildman–Crippen LogP) is 4.82. The molecule has 1 aliphatic heterocycles. The van der Waals surface area contributed by atoms with Crippen LogP contribution < -0.4 is 15.4 Å². The molecule has 0 saturated carbocycles. The molecule has 0 aliphatic carbocycles. The molecule has 0 unspecified atom stereocenters. The van der Waals surface area contributed by atoms with E-state index >= 15 is 0 Å². The molecule has 8 nitrogen and oxygen atoms in total. The number of benzene rings is 2. The van der Waals surface area contributed by atoms with Crippen molar-refractivity contribution in [1.29, 1.82) is 0 Å². The van der Waals surface area contributed by atoms with Crippen molar-refractivity contribution in [2.24, 2.45) is 5.41 Å². The zero-order chi connectivity index (χ0) is 28.6. The largest absolute Gasteiger partial charge is 0.314 e. The van der Waals surface area contributed by atoms with Crippen molar-refractivity contribution in [2.45, 2.75) is 47.3 Å². The molecular formula is C31H35N5O3S. The Morgan fingerprint density at radius 2 is 1.75 bits per heavy atom. The van der Waals surface area contributed by atoms with Crippen molar-refractivity contribution in [1.82, 2.24) is 14.5 Å². The third-order valence-corrected chi connectivity index (χ3v) is 8.55. The van der Waals surface area contributed by atoms with E-state index in [9.17, 15) is 14.4 Å². The van der Waals surface area contributed by atoms with Gasteiger partial charge in [0.15, 0.2) is 0 Å². The van der Waals surface area contributed by atoms with Gasteiger partial charge in [0.05, 0.1) is 17.9 Å². The van der Waals surface area contributed by atoms with E-state index in [0.717, 1.165) is 33.0 Å². The van der Waals surface area contributed by atoms with Gasteiger partial charge >= 0.3 is 0 Å². The minimum Gasteiger partial charge on any atom is -0.314 e. The number of hydrogen-bond donors (Lipinski definition) is 0. The molecule has 0 saturated heterocycles. The highest BCUT2D eigenvalue weighted by atomic mass is 32.1. The van der Waals surface area contributed by atoms with E-state index < -0.39 is 5.41 Å². The maximum Gasteiger partial charge on any atom is 0.258 e. The van der Waals surface area contributed by atoms with Gasteiger partial charge in [-0.25, -0.2) is 4.98 Å². The number of anilines is 2. The molecule has 2 aromatic carbocycles. The van der Waals surface area contributed by atoms with Gasteiger partial charge in [0.25, 0.3) is 5.56 Å². The summed E-state index contributed by atoms with van der Waals surface area (Å²) >= 11 is 1.63. The standard InChI is InChI=1S/C31H35N5O3S/c1-6-36-25-12-11-22(17-26(25)33(5)29(38)31(3,4)30(36)39)18-34(19-27-32-21(2)20-40-27)15-16-35-14-13-23-9-7-8-10-24(23)28(35)37/h7-14,17,20H,6,15-16,18-19H2,1-5H3. The van der Waals surface area contributed by atoms with E-state index in [2.05, 4.69) is 9.88 Å². The van der Waals surface area contributed by atoms with Crippen LogP contribution >= 0.6 is 11.3 Å². The van der Waals surface area contributed by atoms with Gasteiger partial charge < -0.3 is 14.4 Å². The first-order valence-electron chi connectivity index (χ1n) is 13.5. The SMILES string of the molecule is CCN1C(=O)C(C)(C)C(=O)N(C)c2cc(CN(CCn3ccc4ccccc4c3=O)Cc3nc(C)cs3)ccc21. The number of thiazole rings is 1. The van der Waals surface area contributed by atoms with Gasteiger partial charge in [-0.3, -0.25) is 19.3 Å². The lowest BCUT2D eigenvalue weighted by molar-refractivity contribution is -0.137. The summed E-state index contributed by atoms with van der Waals surface area (Å²) in [5.41, 5.74) is 2.32. The number of carbonyl (C=O) groups excluding carboxylic acids is 2. The predicted molar refractivity (Wildman–Crippen MR) is 161 cm³/mol. The molecule has 0 N–H and O–H groups in total. The number of pyridine rings is 1. The second kappa shape index (κ2) is 11.0. The lowest BCUT2D eigenvalue weighted by Gasteiger charge is -2.27. The van der Waals surface area contributed by atoms with E-state index in [1.807, 2.05) is 74.0 Å². The highest BCUT2D eigenvalue weighted by Crippen LogP contribution is 2.39. The van der Waals surface area contributed by atoms with E-state index in [-0.39, 0.29) is 17.4 Å². The van der Waals surface area contributed by atoms with Crippen LogP contribution in [-0.4, -0.2) is 46.4 Å². The molecule has 4 aromatic rings. The molecule has 1 aliphatic rings. The van der Waals surface area contributed by atoms with Crippen LogP contribution in [0.4, 0.5) is 11.4 Å². The van der Waals surface area contributed by atoms with Gasteiger partial charge in [0, 0.05) is 55.9 Å². The molecule has 0 fully saturated rings. The Labute approximate surface area is 238 Å². The quantitative estimate of drug-likeness (QED) is 0.290. The number of carbonyl (C=O) groups is 2. The van der Waals surface area contributed by atoms with Crippen LogP contribution in [0.3, 0.4) is 0 Å². The number of rotatable bonds is 8. The van der Waals surface area contributed by atoms with Gasteiger partial charge in [-0.15, -0.1) is 11.3 Å². The van der Waals surface area contributed by atoms with Gasteiger partial charge in [0.2, 0.25) is 11.8 Å². The van der Waals surface area contributed by atoms with E-state index in [4.69, 9.17) is 0 Å². The Kier molecular flexibility index (Phi) is 7.61. The third kappa shape index (κ3) is 5.19. The van der Waals surface area contributed by atoms with Crippen LogP contribution in [0.5, 0.6) is 0 Å². The van der Waals surface area contributed by atoms with Gasteiger partial charge in [-0.05, 0) is 62.9 Å². The Morgan fingerprint density at radius 3 is 2.48 bits per heavy atom. The Hall–Kier alpha value is -3.82. The van der Waals surface area contributed by atoms with E-state index in [1.54, 1.807) is 46.6 Å². The minimum absolute atomic E-state index is 0.000231. The first-order valence-corrected chi connectivity index (χ1v) is 14.4. The summed E-state index contributed by atoms with van der Waals surface area (Å²) in [5.74, 6) is -0.419. The van der Waals surface area contributed by atoms with Gasteiger partial charge in [-0.2, -0.15) is 0 Å². The number of amides is 2. The molecule has 5 rings (SSSR count).